The van der Waals surface area contributed by atoms with E-state index in [1.54, 1.807) is 27.7 Å². The van der Waals surface area contributed by atoms with Gasteiger partial charge in [0.15, 0.2) is 6.29 Å². The van der Waals surface area contributed by atoms with Crippen LogP contribution < -0.4 is 27.0 Å². The Kier molecular flexibility index (Phi) is 23.1. The highest BCUT2D eigenvalue weighted by Crippen LogP contribution is 2.22. The quantitative estimate of drug-likeness (QED) is 0.0490. The average molecular weight is 806 g/mol. The van der Waals surface area contributed by atoms with Crippen molar-refractivity contribution in [1.29, 1.82) is 0 Å². The maximum absolute atomic E-state index is 12.9. The predicted molar refractivity (Wildman–Crippen MR) is 185 cm³/mol. The molecule has 1 fully saturated rings. The summed E-state index contributed by atoms with van der Waals surface area (Å²) in [4.78, 5) is 71.1. The van der Waals surface area contributed by atoms with Gasteiger partial charge < -0.3 is 66.4 Å². The van der Waals surface area contributed by atoms with Crippen LogP contribution in [0.25, 0.3) is 0 Å². The molecule has 0 spiro atoms. The number of aliphatic hydroxyl groups excluding tert-OH is 3. The number of hydrogen-bond donors (Lipinski definition) is 9. The van der Waals surface area contributed by atoms with E-state index in [9.17, 15) is 52.5 Å². The molecule has 9 atom stereocenters. The molecule has 1 heterocycles. The van der Waals surface area contributed by atoms with E-state index in [4.69, 9.17) is 34.6 Å². The molecule has 0 aromatic carbocycles. The van der Waals surface area contributed by atoms with Gasteiger partial charge in [-0.3, -0.25) is 19.2 Å². The maximum Gasteiger partial charge on any atom is 0.490 e. The van der Waals surface area contributed by atoms with E-state index in [2.05, 4.69) is 21.3 Å². The number of carbonyl (C=O) groups is 6. The number of carboxylic acids is 1. The van der Waals surface area contributed by atoms with Crippen molar-refractivity contribution in [3.05, 3.63) is 0 Å². The van der Waals surface area contributed by atoms with E-state index in [0.29, 0.717) is 6.42 Å². The summed E-state index contributed by atoms with van der Waals surface area (Å²) >= 11 is 0. The Morgan fingerprint density at radius 2 is 1.35 bits per heavy atom. The SMILES string of the molecule is COC(=O)[C@H](CC(C)C)NC(=O)[C@@H](NC(=O)CCOC[C@H]1O[C@@H](OCCNC(=O)[C@@H](NC(=O)[C@H](C)N)C(C)C)[C@H](O)[C@@H](O)[C@@H]1O)C(C)C.O=C(O)C(F)(F)F. The number of aliphatic hydroxyl groups is 3. The number of amides is 4. The smallest absolute Gasteiger partial charge is 0.475 e. The number of halogens is 3. The second-order valence-electron chi connectivity index (χ2n) is 13.8. The number of esters is 1. The Bertz CT molecular complexity index is 1240. The third-order valence-corrected chi connectivity index (χ3v) is 7.79. The molecule has 0 radical (unpaired) electrons. The van der Waals surface area contributed by atoms with E-state index < -0.39 is 96.6 Å². The summed E-state index contributed by atoms with van der Waals surface area (Å²) < 4.78 is 53.1. The number of aliphatic carboxylic acids is 1. The number of nitrogens with two attached hydrogens (primary N) is 1. The number of alkyl halides is 3. The fourth-order valence-corrected chi connectivity index (χ4v) is 4.71. The second kappa shape index (κ2) is 24.8. The van der Waals surface area contributed by atoms with E-state index in [0.717, 1.165) is 0 Å². The minimum atomic E-state index is -5.08. The summed E-state index contributed by atoms with van der Waals surface area (Å²) in [5.41, 5.74) is 5.57. The first-order chi connectivity index (χ1) is 25.3. The molecule has 0 saturated carbocycles. The molecule has 0 aromatic rings. The first-order valence-corrected chi connectivity index (χ1v) is 17.6. The largest absolute Gasteiger partial charge is 0.490 e. The van der Waals surface area contributed by atoms with Crippen LogP contribution in [0.5, 0.6) is 0 Å². The maximum atomic E-state index is 12.9. The van der Waals surface area contributed by atoms with Gasteiger partial charge >= 0.3 is 18.1 Å². The number of carboxylic acid groups (broad SMARTS) is 1. The Balaban J connectivity index is 0.00000377. The number of nitrogens with one attached hydrogen (secondary N) is 4. The van der Waals surface area contributed by atoms with Crippen molar-refractivity contribution >= 4 is 35.6 Å². The Labute approximate surface area is 317 Å². The highest BCUT2D eigenvalue weighted by molar-refractivity contribution is 5.91. The van der Waals surface area contributed by atoms with Crippen molar-refractivity contribution in [3.8, 4) is 0 Å². The lowest BCUT2D eigenvalue weighted by Gasteiger charge is -2.40. The van der Waals surface area contributed by atoms with Crippen molar-refractivity contribution in [2.45, 2.75) is 122 Å². The third kappa shape index (κ3) is 19.2. The van der Waals surface area contributed by atoms with Crippen LogP contribution in [0.15, 0.2) is 0 Å². The zero-order valence-electron chi connectivity index (χ0n) is 32.3. The van der Waals surface area contributed by atoms with Crippen LogP contribution in [-0.4, -0.2) is 151 Å². The van der Waals surface area contributed by atoms with Crippen molar-refractivity contribution in [2.75, 3.05) is 33.5 Å². The van der Waals surface area contributed by atoms with Gasteiger partial charge in [-0.1, -0.05) is 41.5 Å². The molecule has 1 saturated heterocycles. The van der Waals surface area contributed by atoms with Crippen LogP contribution in [-0.2, 0) is 47.7 Å². The zero-order chi connectivity index (χ0) is 42.8. The van der Waals surface area contributed by atoms with E-state index in [1.165, 1.54) is 14.0 Å². The molecule has 0 unspecified atom stereocenters. The van der Waals surface area contributed by atoms with Crippen molar-refractivity contribution < 1.29 is 81.3 Å². The molecule has 1 rings (SSSR count). The van der Waals surface area contributed by atoms with Gasteiger partial charge in [-0.2, -0.15) is 13.2 Å². The van der Waals surface area contributed by atoms with Gasteiger partial charge in [0.05, 0.1) is 33.0 Å². The van der Waals surface area contributed by atoms with Crippen LogP contribution in [0, 0.1) is 17.8 Å². The summed E-state index contributed by atoms with van der Waals surface area (Å²) in [6.45, 7) is 11.8. The molecular weight excluding hydrogens is 747 g/mol. The second-order valence-corrected chi connectivity index (χ2v) is 13.8. The Hall–Kier alpha value is -3.67. The lowest BCUT2D eigenvalue weighted by Crippen LogP contribution is -2.59. The van der Waals surface area contributed by atoms with E-state index in [1.807, 2.05) is 13.8 Å². The van der Waals surface area contributed by atoms with Gasteiger partial charge in [0.25, 0.3) is 0 Å². The molecule has 0 aromatic heterocycles. The molecule has 22 heteroatoms. The van der Waals surface area contributed by atoms with Crippen molar-refractivity contribution in [1.82, 2.24) is 21.3 Å². The standard InChI is InChI=1S/C31H57N5O12.C2HF3O2/c1-15(2)13-19(30(44)45-8)34-29(43)23(17(5)6)35-21(37)9-11-46-14-20-24(38)25(39)26(40)31(48-20)47-12-10-33-28(42)22(16(3)4)36-27(41)18(7)32;3-2(4,5)1(6)7/h15-20,22-26,31,38-40H,9-14,32H2,1-8H3,(H,33,42)(H,34,43)(H,35,37)(H,36,41);(H,6,7)/t18-,19-,20+,22-,23-,24+,25-,26+,31+;/m0./s1. The number of methoxy groups -OCH3 is 1. The summed E-state index contributed by atoms with van der Waals surface area (Å²) in [5, 5.41) is 48.7. The Morgan fingerprint density at radius 3 is 1.82 bits per heavy atom. The zero-order valence-corrected chi connectivity index (χ0v) is 32.3. The summed E-state index contributed by atoms with van der Waals surface area (Å²) in [6.07, 6.45) is -12.1. The van der Waals surface area contributed by atoms with Gasteiger partial charge in [-0.25, -0.2) is 9.59 Å². The molecule has 55 heavy (non-hydrogen) atoms. The van der Waals surface area contributed by atoms with Crippen LogP contribution in [0.4, 0.5) is 13.2 Å². The summed E-state index contributed by atoms with van der Waals surface area (Å²) in [7, 11) is 1.23. The first-order valence-electron chi connectivity index (χ1n) is 17.6. The number of rotatable bonds is 20. The lowest BCUT2D eigenvalue weighted by atomic mass is 9.99. The van der Waals surface area contributed by atoms with Crippen LogP contribution >= 0.6 is 0 Å². The fourth-order valence-electron chi connectivity index (χ4n) is 4.71. The topological polar surface area (TPSA) is 294 Å². The van der Waals surface area contributed by atoms with E-state index in [-0.39, 0.29) is 50.5 Å². The molecule has 10 N–H and O–H groups in total. The van der Waals surface area contributed by atoms with Crippen molar-refractivity contribution in [2.24, 2.45) is 23.5 Å². The Morgan fingerprint density at radius 1 is 0.800 bits per heavy atom. The summed E-state index contributed by atoms with van der Waals surface area (Å²) in [5.74, 6) is -5.72. The molecule has 1 aliphatic rings. The van der Waals surface area contributed by atoms with E-state index >= 15 is 0 Å². The fraction of sp³-hybridized carbons (Fsp3) is 0.818. The summed E-state index contributed by atoms with van der Waals surface area (Å²) in [6, 6.07) is -3.41. The number of carbonyl (C=O) groups excluding carboxylic acids is 5. The molecule has 0 aliphatic carbocycles. The van der Waals surface area contributed by atoms with Gasteiger partial charge in [-0.15, -0.1) is 0 Å². The lowest BCUT2D eigenvalue weighted by molar-refractivity contribution is -0.302. The normalized spacial score (nSPS) is 22.0. The monoisotopic (exact) mass is 805 g/mol. The highest BCUT2D eigenvalue weighted by atomic mass is 19.4. The molecule has 1 aliphatic heterocycles. The number of hydrogen-bond acceptors (Lipinski definition) is 14. The average Bonchev–Trinajstić information content (AvgIpc) is 3.08. The third-order valence-electron chi connectivity index (χ3n) is 7.79. The molecular formula is C33H58F3N5O14. The highest BCUT2D eigenvalue weighted by Gasteiger charge is 2.44. The molecule has 0 bridgehead atoms. The van der Waals surface area contributed by atoms with Crippen LogP contribution in [0.2, 0.25) is 0 Å². The first kappa shape index (κ1) is 51.3. The molecule has 19 nitrogen and oxygen atoms in total. The van der Waals surface area contributed by atoms with Gasteiger partial charge in [0.2, 0.25) is 23.6 Å². The van der Waals surface area contributed by atoms with Crippen LogP contribution in [0.1, 0.15) is 61.3 Å². The predicted octanol–water partition coefficient (Wildman–Crippen LogP) is -1.70. The van der Waals surface area contributed by atoms with Gasteiger partial charge in [0.1, 0.15) is 42.5 Å². The number of ether oxygens (including phenoxy) is 4. The van der Waals surface area contributed by atoms with Crippen LogP contribution in [0.3, 0.4) is 0 Å². The molecule has 4 amide bonds. The minimum absolute atomic E-state index is 0.0198. The van der Waals surface area contributed by atoms with Crippen molar-refractivity contribution in [3.63, 3.8) is 0 Å². The minimum Gasteiger partial charge on any atom is -0.475 e. The van der Waals surface area contributed by atoms with Gasteiger partial charge in [-0.05, 0) is 31.1 Å². The van der Waals surface area contributed by atoms with Gasteiger partial charge in [0, 0.05) is 13.0 Å². The molecule has 320 valence electrons.